The van der Waals surface area contributed by atoms with Gasteiger partial charge in [-0.05, 0) is 29.8 Å². The lowest BCUT2D eigenvalue weighted by Crippen LogP contribution is -2.17. The highest BCUT2D eigenvalue weighted by Crippen LogP contribution is 2.32. The third-order valence-electron chi connectivity index (χ3n) is 2.66. The minimum Gasteiger partial charge on any atom is -0.406 e. The molecule has 1 N–H and O–H groups in total. The van der Waals surface area contributed by atoms with Gasteiger partial charge in [-0.1, -0.05) is 45.7 Å². The molecule has 2 nitrogen and oxygen atoms in total. The van der Waals surface area contributed by atoms with Crippen LogP contribution in [-0.4, -0.2) is 11.5 Å². The fraction of sp³-hybridized carbons (Fsp3) is 0.143. The van der Waals surface area contributed by atoms with E-state index in [-0.39, 0.29) is 5.56 Å². The van der Waals surface area contributed by atoms with Crippen LogP contribution in [-0.2, 0) is 0 Å². The maximum Gasteiger partial charge on any atom is 0.573 e. The molecule has 1 unspecified atom stereocenters. The molecule has 0 spiro atoms. The van der Waals surface area contributed by atoms with E-state index >= 15 is 0 Å². The number of aliphatic hydroxyl groups is 1. The van der Waals surface area contributed by atoms with Crippen molar-refractivity contribution in [2.24, 2.45) is 0 Å². The Labute approximate surface area is 132 Å². The zero-order chi connectivity index (χ0) is 15.6. The van der Waals surface area contributed by atoms with Gasteiger partial charge in [0.2, 0.25) is 0 Å². The zero-order valence-corrected chi connectivity index (χ0v) is 12.7. The van der Waals surface area contributed by atoms with Crippen molar-refractivity contribution in [2.75, 3.05) is 0 Å². The van der Waals surface area contributed by atoms with Crippen molar-refractivity contribution in [1.29, 1.82) is 0 Å². The van der Waals surface area contributed by atoms with Gasteiger partial charge in [-0.15, -0.1) is 13.2 Å². The third-order valence-corrected chi connectivity index (χ3v) is 3.49. The number of rotatable bonds is 3. The smallest absolute Gasteiger partial charge is 0.406 e. The normalized spacial score (nSPS) is 13.0. The summed E-state index contributed by atoms with van der Waals surface area (Å²) in [5.74, 6) is -0.396. The van der Waals surface area contributed by atoms with Gasteiger partial charge in [0.15, 0.2) is 0 Å². The van der Waals surface area contributed by atoms with Gasteiger partial charge in [0, 0.05) is 15.1 Å². The summed E-state index contributed by atoms with van der Waals surface area (Å²) in [7, 11) is 0. The minimum absolute atomic E-state index is 0.251. The van der Waals surface area contributed by atoms with Gasteiger partial charge in [-0.2, -0.15) is 0 Å². The van der Waals surface area contributed by atoms with Crippen LogP contribution >= 0.6 is 27.5 Å². The first-order valence-corrected chi connectivity index (χ1v) is 6.92. The topological polar surface area (TPSA) is 29.5 Å². The summed E-state index contributed by atoms with van der Waals surface area (Å²) in [6.07, 6.45) is -5.93. The molecule has 7 heteroatoms. The van der Waals surface area contributed by atoms with E-state index in [0.717, 1.165) is 16.6 Å². The molecular formula is C14H9BrClF3O2. The Bertz CT molecular complexity index is 646. The highest BCUT2D eigenvalue weighted by molar-refractivity contribution is 9.10. The molecule has 0 fully saturated rings. The first-order chi connectivity index (χ1) is 9.76. The van der Waals surface area contributed by atoms with E-state index in [4.69, 9.17) is 11.6 Å². The molecule has 112 valence electrons. The van der Waals surface area contributed by atoms with Crippen LogP contribution < -0.4 is 4.74 Å². The molecule has 0 aromatic heterocycles. The van der Waals surface area contributed by atoms with E-state index in [1.807, 2.05) is 0 Å². The molecule has 0 radical (unpaired) electrons. The lowest BCUT2D eigenvalue weighted by atomic mass is 10.0. The van der Waals surface area contributed by atoms with E-state index in [9.17, 15) is 18.3 Å². The molecule has 1 atom stereocenters. The minimum atomic E-state index is -4.78. The summed E-state index contributed by atoms with van der Waals surface area (Å²) >= 11 is 9.25. The lowest BCUT2D eigenvalue weighted by molar-refractivity contribution is -0.274. The van der Waals surface area contributed by atoms with Crippen LogP contribution in [0, 0.1) is 0 Å². The maximum absolute atomic E-state index is 12.2. The van der Waals surface area contributed by atoms with E-state index in [1.54, 1.807) is 18.2 Å². The molecule has 0 amide bonds. The molecule has 0 aliphatic rings. The number of ether oxygens (including phenoxy) is 1. The number of alkyl halides is 3. The molecule has 2 aromatic rings. The van der Waals surface area contributed by atoms with Crippen LogP contribution in [0.5, 0.6) is 5.75 Å². The van der Waals surface area contributed by atoms with E-state index in [1.165, 1.54) is 12.1 Å². The van der Waals surface area contributed by atoms with Gasteiger partial charge in [-0.25, -0.2) is 0 Å². The Morgan fingerprint density at radius 2 is 1.86 bits per heavy atom. The molecule has 2 aromatic carbocycles. The number of aliphatic hydroxyl groups excluding tert-OH is 1. The first-order valence-electron chi connectivity index (χ1n) is 5.75. The highest BCUT2D eigenvalue weighted by Gasteiger charge is 2.31. The number of halogens is 5. The molecule has 2 rings (SSSR count). The second kappa shape index (κ2) is 6.25. The predicted octanol–water partition coefficient (Wildman–Crippen LogP) is 5.08. The molecule has 0 saturated heterocycles. The van der Waals surface area contributed by atoms with Crippen LogP contribution in [0.15, 0.2) is 46.9 Å². The average Bonchev–Trinajstić information content (AvgIpc) is 2.36. The standard InChI is InChI=1S/C14H9BrClF3O2/c15-9-4-5-11(12(16)7-9)13(20)8-2-1-3-10(6-8)21-14(17,18)19/h1-7,13,20H. The van der Waals surface area contributed by atoms with Crippen LogP contribution in [0.1, 0.15) is 17.2 Å². The van der Waals surface area contributed by atoms with Crippen molar-refractivity contribution in [2.45, 2.75) is 12.5 Å². The van der Waals surface area contributed by atoms with Crippen molar-refractivity contribution in [3.8, 4) is 5.75 Å². The van der Waals surface area contributed by atoms with E-state index in [2.05, 4.69) is 20.7 Å². The summed E-state index contributed by atoms with van der Waals surface area (Å²) in [4.78, 5) is 0. The zero-order valence-electron chi connectivity index (χ0n) is 10.4. The Kier molecular flexibility index (Phi) is 4.81. The Morgan fingerprint density at radius 1 is 1.14 bits per heavy atom. The average molecular weight is 382 g/mol. The lowest BCUT2D eigenvalue weighted by Gasteiger charge is -2.15. The van der Waals surface area contributed by atoms with Gasteiger partial charge < -0.3 is 9.84 Å². The Morgan fingerprint density at radius 3 is 2.48 bits per heavy atom. The van der Waals surface area contributed by atoms with E-state index in [0.29, 0.717) is 10.6 Å². The molecule has 0 bridgehead atoms. The fourth-order valence-corrected chi connectivity index (χ4v) is 2.56. The molecular weight excluding hydrogens is 373 g/mol. The molecule has 21 heavy (non-hydrogen) atoms. The van der Waals surface area contributed by atoms with Gasteiger partial charge in [0.05, 0.1) is 0 Å². The van der Waals surface area contributed by atoms with Gasteiger partial charge in [-0.3, -0.25) is 0 Å². The summed E-state index contributed by atoms with van der Waals surface area (Å²) < 4.78 is 41.1. The van der Waals surface area contributed by atoms with Crippen LogP contribution in [0.25, 0.3) is 0 Å². The van der Waals surface area contributed by atoms with Crippen LogP contribution in [0.4, 0.5) is 13.2 Å². The summed E-state index contributed by atoms with van der Waals surface area (Å²) in [6.45, 7) is 0. The summed E-state index contributed by atoms with van der Waals surface area (Å²) in [5, 5.41) is 10.6. The van der Waals surface area contributed by atoms with Crippen molar-refractivity contribution < 1.29 is 23.0 Å². The maximum atomic E-state index is 12.2. The third kappa shape index (κ3) is 4.36. The van der Waals surface area contributed by atoms with Crippen molar-refractivity contribution in [3.63, 3.8) is 0 Å². The van der Waals surface area contributed by atoms with Gasteiger partial charge >= 0.3 is 6.36 Å². The number of hydrogen-bond acceptors (Lipinski definition) is 2. The first kappa shape index (κ1) is 16.1. The van der Waals surface area contributed by atoms with Gasteiger partial charge in [0.25, 0.3) is 0 Å². The summed E-state index contributed by atoms with van der Waals surface area (Å²) in [6, 6.07) is 10.0. The molecule has 0 heterocycles. The van der Waals surface area contributed by atoms with Crippen molar-refractivity contribution in [1.82, 2.24) is 0 Å². The fourth-order valence-electron chi connectivity index (χ4n) is 1.78. The van der Waals surface area contributed by atoms with Crippen LogP contribution in [0.2, 0.25) is 5.02 Å². The largest absolute Gasteiger partial charge is 0.573 e. The monoisotopic (exact) mass is 380 g/mol. The quantitative estimate of drug-likeness (QED) is 0.803. The number of hydrogen-bond donors (Lipinski definition) is 1. The predicted molar refractivity (Wildman–Crippen MR) is 76.3 cm³/mol. The second-order valence-corrected chi connectivity index (χ2v) is 5.51. The molecule has 0 aliphatic heterocycles. The van der Waals surface area contributed by atoms with E-state index < -0.39 is 18.2 Å². The summed E-state index contributed by atoms with van der Waals surface area (Å²) in [5.41, 5.74) is 0.644. The van der Waals surface area contributed by atoms with Gasteiger partial charge in [0.1, 0.15) is 11.9 Å². The number of benzene rings is 2. The second-order valence-electron chi connectivity index (χ2n) is 4.19. The SMILES string of the molecule is OC(c1cccc(OC(F)(F)F)c1)c1ccc(Br)cc1Cl. The van der Waals surface area contributed by atoms with Crippen LogP contribution in [0.3, 0.4) is 0 Å². The Balaban J connectivity index is 2.31. The molecule has 0 aliphatic carbocycles. The van der Waals surface area contributed by atoms with Crippen molar-refractivity contribution >= 4 is 27.5 Å². The van der Waals surface area contributed by atoms with Crippen molar-refractivity contribution in [3.05, 3.63) is 63.1 Å². The highest BCUT2D eigenvalue weighted by atomic mass is 79.9. The molecule has 0 saturated carbocycles. The Hall–Kier alpha value is -1.24.